The molecule has 0 bridgehead atoms. The Labute approximate surface area is 120 Å². The van der Waals surface area contributed by atoms with E-state index in [1.54, 1.807) is 6.33 Å². The molecule has 0 amide bonds. The fourth-order valence-electron chi connectivity index (χ4n) is 1.98. The van der Waals surface area contributed by atoms with Gasteiger partial charge in [0.15, 0.2) is 0 Å². The molecule has 1 aromatic carbocycles. The van der Waals surface area contributed by atoms with E-state index in [0.29, 0.717) is 19.2 Å². The van der Waals surface area contributed by atoms with Gasteiger partial charge in [-0.2, -0.15) is 5.10 Å². The molecule has 0 radical (unpaired) electrons. The lowest BCUT2D eigenvalue weighted by Crippen LogP contribution is -2.23. The summed E-state index contributed by atoms with van der Waals surface area (Å²) < 4.78 is 7.60. The van der Waals surface area contributed by atoms with Crippen molar-refractivity contribution in [1.29, 1.82) is 0 Å². The summed E-state index contributed by atoms with van der Waals surface area (Å²) >= 11 is 0. The SMILES string of the molecule is Cc1cccc(OCCNCc2ncnn2C(C)C)c1. The molecule has 108 valence electrons. The molecule has 0 aliphatic heterocycles. The van der Waals surface area contributed by atoms with Crippen molar-refractivity contribution < 1.29 is 4.74 Å². The predicted octanol–water partition coefficient (Wildman–Crippen LogP) is 2.34. The van der Waals surface area contributed by atoms with Gasteiger partial charge >= 0.3 is 0 Å². The number of aromatic nitrogens is 3. The second-order valence-electron chi connectivity index (χ2n) is 5.06. The Hall–Kier alpha value is -1.88. The molecule has 0 unspecified atom stereocenters. The maximum Gasteiger partial charge on any atom is 0.141 e. The largest absolute Gasteiger partial charge is 0.492 e. The molecular formula is C15H22N4O. The molecule has 0 saturated heterocycles. The molecule has 0 spiro atoms. The number of aryl methyl sites for hydroxylation is 1. The third-order valence-electron chi connectivity index (χ3n) is 2.96. The van der Waals surface area contributed by atoms with Gasteiger partial charge in [0.2, 0.25) is 0 Å². The zero-order chi connectivity index (χ0) is 14.4. The summed E-state index contributed by atoms with van der Waals surface area (Å²) in [7, 11) is 0. The number of nitrogens with one attached hydrogen (secondary N) is 1. The van der Waals surface area contributed by atoms with Gasteiger partial charge in [-0.15, -0.1) is 0 Å². The van der Waals surface area contributed by atoms with E-state index in [-0.39, 0.29) is 0 Å². The Morgan fingerprint density at radius 1 is 1.35 bits per heavy atom. The highest BCUT2D eigenvalue weighted by Gasteiger charge is 2.06. The van der Waals surface area contributed by atoms with Crippen molar-refractivity contribution in [2.45, 2.75) is 33.4 Å². The third kappa shape index (κ3) is 4.06. The standard InChI is InChI=1S/C15H22N4O/c1-12(2)19-15(17-11-18-19)10-16-7-8-20-14-6-4-5-13(3)9-14/h4-6,9,11-12,16H,7-8,10H2,1-3H3. The van der Waals surface area contributed by atoms with Gasteiger partial charge in [-0.3, -0.25) is 0 Å². The monoisotopic (exact) mass is 274 g/mol. The van der Waals surface area contributed by atoms with Crippen LogP contribution >= 0.6 is 0 Å². The number of hydrogen-bond donors (Lipinski definition) is 1. The Morgan fingerprint density at radius 2 is 2.20 bits per heavy atom. The molecule has 5 heteroatoms. The minimum absolute atomic E-state index is 0.331. The molecule has 0 saturated carbocycles. The summed E-state index contributed by atoms with van der Waals surface area (Å²) in [4.78, 5) is 4.25. The van der Waals surface area contributed by atoms with Crippen molar-refractivity contribution in [3.05, 3.63) is 42.0 Å². The highest BCUT2D eigenvalue weighted by Crippen LogP contribution is 2.11. The van der Waals surface area contributed by atoms with Crippen LogP contribution in [0.2, 0.25) is 0 Å². The average molecular weight is 274 g/mol. The number of ether oxygens (including phenoxy) is 1. The Balaban J connectivity index is 1.70. The first-order chi connectivity index (χ1) is 9.66. The smallest absolute Gasteiger partial charge is 0.141 e. The van der Waals surface area contributed by atoms with Crippen LogP contribution in [0.5, 0.6) is 5.75 Å². The van der Waals surface area contributed by atoms with Crippen molar-refractivity contribution in [3.8, 4) is 5.75 Å². The Bertz CT molecular complexity index is 536. The number of nitrogens with zero attached hydrogens (tertiary/aromatic N) is 3. The van der Waals surface area contributed by atoms with E-state index in [2.05, 4.69) is 42.2 Å². The van der Waals surface area contributed by atoms with Gasteiger partial charge in [0.05, 0.1) is 6.54 Å². The summed E-state index contributed by atoms with van der Waals surface area (Å²) in [6, 6.07) is 8.41. The van der Waals surface area contributed by atoms with E-state index in [9.17, 15) is 0 Å². The van der Waals surface area contributed by atoms with Crippen LogP contribution in [0.4, 0.5) is 0 Å². The van der Waals surface area contributed by atoms with Crippen LogP contribution in [-0.4, -0.2) is 27.9 Å². The zero-order valence-electron chi connectivity index (χ0n) is 12.3. The van der Waals surface area contributed by atoms with E-state index >= 15 is 0 Å². The summed E-state index contributed by atoms with van der Waals surface area (Å²) in [6.45, 7) is 8.37. The molecule has 0 aliphatic rings. The molecule has 0 aliphatic carbocycles. The van der Waals surface area contributed by atoms with Gasteiger partial charge in [-0.05, 0) is 38.5 Å². The second kappa shape index (κ2) is 7.05. The molecule has 1 aromatic heterocycles. The molecule has 5 nitrogen and oxygen atoms in total. The lowest BCUT2D eigenvalue weighted by molar-refractivity contribution is 0.312. The summed E-state index contributed by atoms with van der Waals surface area (Å²) in [5.41, 5.74) is 1.21. The van der Waals surface area contributed by atoms with Crippen molar-refractivity contribution in [1.82, 2.24) is 20.1 Å². The fourth-order valence-corrected chi connectivity index (χ4v) is 1.98. The quantitative estimate of drug-likeness (QED) is 0.787. The van der Waals surface area contributed by atoms with Crippen LogP contribution in [0.3, 0.4) is 0 Å². The normalized spacial score (nSPS) is 11.0. The first-order valence-corrected chi connectivity index (χ1v) is 6.95. The minimum Gasteiger partial charge on any atom is -0.492 e. The van der Waals surface area contributed by atoms with Crippen LogP contribution in [0, 0.1) is 6.92 Å². The summed E-state index contributed by atoms with van der Waals surface area (Å²) in [5.74, 6) is 1.87. The Kier molecular flexibility index (Phi) is 5.12. The molecular weight excluding hydrogens is 252 g/mol. The van der Waals surface area contributed by atoms with E-state index in [1.165, 1.54) is 5.56 Å². The zero-order valence-corrected chi connectivity index (χ0v) is 12.3. The third-order valence-corrected chi connectivity index (χ3v) is 2.96. The Morgan fingerprint density at radius 3 is 2.95 bits per heavy atom. The van der Waals surface area contributed by atoms with E-state index < -0.39 is 0 Å². The topological polar surface area (TPSA) is 52.0 Å². The van der Waals surface area contributed by atoms with Crippen molar-refractivity contribution in [2.24, 2.45) is 0 Å². The van der Waals surface area contributed by atoms with Crippen molar-refractivity contribution in [2.75, 3.05) is 13.2 Å². The van der Waals surface area contributed by atoms with Gasteiger partial charge in [-0.25, -0.2) is 9.67 Å². The van der Waals surface area contributed by atoms with E-state index in [4.69, 9.17) is 4.74 Å². The first-order valence-electron chi connectivity index (χ1n) is 6.95. The number of benzene rings is 1. The number of hydrogen-bond acceptors (Lipinski definition) is 4. The molecule has 0 fully saturated rings. The van der Waals surface area contributed by atoms with Crippen LogP contribution in [0.1, 0.15) is 31.3 Å². The first kappa shape index (κ1) is 14.5. The second-order valence-corrected chi connectivity index (χ2v) is 5.06. The van der Waals surface area contributed by atoms with Crippen molar-refractivity contribution >= 4 is 0 Å². The van der Waals surface area contributed by atoms with Crippen molar-refractivity contribution in [3.63, 3.8) is 0 Å². The van der Waals surface area contributed by atoms with Crippen LogP contribution in [0.25, 0.3) is 0 Å². The molecule has 0 atom stereocenters. The van der Waals surface area contributed by atoms with Crippen LogP contribution in [0.15, 0.2) is 30.6 Å². The molecule has 2 rings (SSSR count). The van der Waals surface area contributed by atoms with Crippen LogP contribution < -0.4 is 10.1 Å². The molecule has 1 N–H and O–H groups in total. The molecule has 20 heavy (non-hydrogen) atoms. The summed E-state index contributed by atoms with van der Waals surface area (Å²) in [5, 5.41) is 7.53. The van der Waals surface area contributed by atoms with Gasteiger partial charge in [-0.1, -0.05) is 12.1 Å². The maximum absolute atomic E-state index is 5.68. The van der Waals surface area contributed by atoms with E-state index in [1.807, 2.05) is 22.9 Å². The number of rotatable bonds is 7. The van der Waals surface area contributed by atoms with Gasteiger partial charge in [0.1, 0.15) is 24.5 Å². The molecule has 2 aromatic rings. The van der Waals surface area contributed by atoms with Crippen LogP contribution in [-0.2, 0) is 6.54 Å². The average Bonchev–Trinajstić information content (AvgIpc) is 2.87. The predicted molar refractivity (Wildman–Crippen MR) is 78.8 cm³/mol. The van der Waals surface area contributed by atoms with Gasteiger partial charge in [0, 0.05) is 12.6 Å². The fraction of sp³-hybridized carbons (Fsp3) is 0.467. The maximum atomic E-state index is 5.68. The highest BCUT2D eigenvalue weighted by molar-refractivity contribution is 5.27. The minimum atomic E-state index is 0.331. The van der Waals surface area contributed by atoms with Gasteiger partial charge < -0.3 is 10.1 Å². The lowest BCUT2D eigenvalue weighted by Gasteiger charge is -2.10. The molecule has 1 heterocycles. The summed E-state index contributed by atoms with van der Waals surface area (Å²) in [6.07, 6.45) is 1.60. The van der Waals surface area contributed by atoms with Gasteiger partial charge in [0.25, 0.3) is 0 Å². The highest BCUT2D eigenvalue weighted by atomic mass is 16.5. The van der Waals surface area contributed by atoms with E-state index in [0.717, 1.165) is 18.1 Å². The lowest BCUT2D eigenvalue weighted by atomic mass is 10.2.